The largest absolute Gasteiger partial charge is 0.445 e. The Morgan fingerprint density at radius 1 is 1.36 bits per heavy atom. The van der Waals surface area contributed by atoms with Crippen LogP contribution in [0.4, 0.5) is 16.2 Å². The third-order valence-corrected chi connectivity index (χ3v) is 5.67. The maximum atomic E-state index is 13.0. The lowest BCUT2D eigenvalue weighted by Crippen LogP contribution is -2.43. The van der Waals surface area contributed by atoms with Crippen molar-refractivity contribution in [2.24, 2.45) is 0 Å². The molecule has 1 N–H and O–H groups in total. The maximum Gasteiger partial charge on any atom is 0.410 e. The number of anilines is 1. The van der Waals surface area contributed by atoms with E-state index in [2.05, 4.69) is 11.9 Å². The van der Waals surface area contributed by atoms with Crippen LogP contribution in [0.5, 0.6) is 0 Å². The first-order valence-electron chi connectivity index (χ1n) is 9.71. The lowest BCUT2D eigenvalue weighted by molar-refractivity contribution is -0.384. The number of hydrogen-bond donors (Lipinski definition) is 1. The molecule has 12 nitrogen and oxygen atoms in total. The standard InChI is InChI=1S/C20H24N4O8S/c1-5-6-32-20(28)23-11-16(33-12(2)25)10-17(23)18(26)21-14-7-13(19(27)22(3)31-4)8-15(9-14)24(29)30/h5,7-9,16-17H,1,6,10-11H2,2-4H3,(H,21,26). The molecule has 1 aliphatic rings. The van der Waals surface area contributed by atoms with Crippen LogP contribution in [0.1, 0.15) is 23.7 Å². The minimum atomic E-state index is -0.987. The van der Waals surface area contributed by atoms with Gasteiger partial charge in [-0.1, -0.05) is 24.4 Å². The number of non-ortho nitro benzene ring substituents is 1. The molecule has 0 aromatic heterocycles. The monoisotopic (exact) mass is 480 g/mol. The third kappa shape index (κ3) is 6.76. The number of nitro benzene ring substituents is 1. The van der Waals surface area contributed by atoms with E-state index in [1.54, 1.807) is 0 Å². The summed E-state index contributed by atoms with van der Waals surface area (Å²) in [5, 5.41) is 14.2. The van der Waals surface area contributed by atoms with Crippen LogP contribution in [0.2, 0.25) is 0 Å². The molecule has 13 heteroatoms. The van der Waals surface area contributed by atoms with Gasteiger partial charge in [0.15, 0.2) is 5.12 Å². The summed E-state index contributed by atoms with van der Waals surface area (Å²) < 4.78 is 5.04. The van der Waals surface area contributed by atoms with Gasteiger partial charge in [0.25, 0.3) is 11.6 Å². The summed E-state index contributed by atoms with van der Waals surface area (Å²) in [4.78, 5) is 66.0. The van der Waals surface area contributed by atoms with E-state index in [0.29, 0.717) is 0 Å². The number of nitrogens with zero attached hydrogens (tertiary/aromatic N) is 3. The molecular weight excluding hydrogens is 456 g/mol. The normalized spacial score (nSPS) is 17.2. The number of nitro groups is 1. The zero-order valence-corrected chi connectivity index (χ0v) is 19.1. The molecule has 0 saturated carbocycles. The van der Waals surface area contributed by atoms with Crippen LogP contribution in [0.3, 0.4) is 0 Å². The van der Waals surface area contributed by atoms with Gasteiger partial charge in [-0.15, -0.1) is 0 Å². The van der Waals surface area contributed by atoms with Crippen molar-refractivity contribution < 1.29 is 33.7 Å². The van der Waals surface area contributed by atoms with E-state index in [9.17, 15) is 29.3 Å². The van der Waals surface area contributed by atoms with E-state index in [1.807, 2.05) is 0 Å². The zero-order valence-electron chi connectivity index (χ0n) is 18.3. The maximum absolute atomic E-state index is 13.0. The first-order chi connectivity index (χ1) is 15.6. The first-order valence-corrected chi connectivity index (χ1v) is 10.6. The molecule has 3 amide bonds. The van der Waals surface area contributed by atoms with E-state index in [-0.39, 0.29) is 41.2 Å². The molecule has 178 valence electrons. The molecule has 1 aromatic carbocycles. The van der Waals surface area contributed by atoms with Gasteiger partial charge < -0.3 is 10.1 Å². The Hall–Kier alpha value is -3.45. The van der Waals surface area contributed by atoms with Crippen molar-refractivity contribution in [2.45, 2.75) is 24.6 Å². The van der Waals surface area contributed by atoms with Gasteiger partial charge in [-0.25, -0.2) is 9.86 Å². The van der Waals surface area contributed by atoms with Gasteiger partial charge in [0.2, 0.25) is 5.91 Å². The molecular formula is C20H24N4O8S. The van der Waals surface area contributed by atoms with Crippen molar-refractivity contribution >= 4 is 46.2 Å². The number of amides is 3. The molecule has 0 spiro atoms. The van der Waals surface area contributed by atoms with Gasteiger partial charge in [0, 0.05) is 43.6 Å². The number of rotatable bonds is 8. The summed E-state index contributed by atoms with van der Waals surface area (Å²) in [6.07, 6.45) is 0.800. The van der Waals surface area contributed by atoms with Crippen molar-refractivity contribution in [1.82, 2.24) is 9.96 Å². The number of carbonyl (C=O) groups is 4. The number of nitrogens with one attached hydrogen (secondary N) is 1. The van der Waals surface area contributed by atoms with Gasteiger partial charge in [-0.2, -0.15) is 0 Å². The fraction of sp³-hybridized carbons (Fsp3) is 0.400. The Morgan fingerprint density at radius 3 is 2.64 bits per heavy atom. The second-order valence-electron chi connectivity index (χ2n) is 7.00. The van der Waals surface area contributed by atoms with Crippen molar-refractivity contribution in [3.8, 4) is 0 Å². The molecule has 0 bridgehead atoms. The highest BCUT2D eigenvalue weighted by Gasteiger charge is 2.41. The summed E-state index contributed by atoms with van der Waals surface area (Å²) in [6.45, 7) is 4.90. The Labute approximate surface area is 194 Å². The van der Waals surface area contributed by atoms with Gasteiger partial charge in [0.1, 0.15) is 12.6 Å². The molecule has 33 heavy (non-hydrogen) atoms. The number of likely N-dealkylation sites (tertiary alicyclic amines) is 1. The predicted octanol–water partition coefficient (Wildman–Crippen LogP) is 2.21. The van der Waals surface area contributed by atoms with Crippen molar-refractivity contribution in [3.63, 3.8) is 0 Å². The van der Waals surface area contributed by atoms with Gasteiger partial charge in [-0.05, 0) is 12.5 Å². The topological polar surface area (TPSA) is 148 Å². The van der Waals surface area contributed by atoms with Gasteiger partial charge in [-0.3, -0.25) is 34.2 Å². The second-order valence-corrected chi connectivity index (χ2v) is 8.48. The Balaban J connectivity index is 2.31. The fourth-order valence-electron chi connectivity index (χ4n) is 3.18. The van der Waals surface area contributed by atoms with Crippen LogP contribution in [-0.4, -0.2) is 76.5 Å². The molecule has 2 atom stereocenters. The number of carbonyl (C=O) groups excluding carboxylic acids is 4. The number of ether oxygens (including phenoxy) is 1. The minimum Gasteiger partial charge on any atom is -0.445 e. The zero-order chi connectivity index (χ0) is 24.7. The number of hydrogen-bond acceptors (Lipinski definition) is 9. The molecule has 1 aliphatic heterocycles. The summed E-state index contributed by atoms with van der Waals surface area (Å²) in [5.41, 5.74) is -0.508. The summed E-state index contributed by atoms with van der Waals surface area (Å²) in [7, 11) is 2.59. The molecule has 2 rings (SSSR count). The van der Waals surface area contributed by atoms with Crippen LogP contribution in [0, 0.1) is 10.1 Å². The van der Waals surface area contributed by atoms with Gasteiger partial charge >= 0.3 is 6.09 Å². The second kappa shape index (κ2) is 11.4. The molecule has 1 saturated heterocycles. The number of thioether (sulfide) groups is 1. The lowest BCUT2D eigenvalue weighted by atomic mass is 10.1. The fourth-order valence-corrected chi connectivity index (χ4v) is 4.17. The van der Waals surface area contributed by atoms with Crippen molar-refractivity contribution in [2.75, 3.05) is 32.6 Å². The first kappa shape index (κ1) is 25.8. The quantitative estimate of drug-likeness (QED) is 0.336. The van der Waals surface area contributed by atoms with Crippen LogP contribution in [0.15, 0.2) is 30.9 Å². The Kier molecular flexibility index (Phi) is 8.94. The lowest BCUT2D eigenvalue weighted by Gasteiger charge is -2.23. The van der Waals surface area contributed by atoms with E-state index in [1.165, 1.54) is 38.1 Å². The highest BCUT2D eigenvalue weighted by Crippen LogP contribution is 2.30. The molecule has 2 unspecified atom stereocenters. The molecule has 1 fully saturated rings. The third-order valence-electron chi connectivity index (χ3n) is 4.66. The predicted molar refractivity (Wildman–Crippen MR) is 120 cm³/mol. The molecule has 0 aliphatic carbocycles. The summed E-state index contributed by atoms with van der Waals surface area (Å²) >= 11 is 1.01. The van der Waals surface area contributed by atoms with E-state index in [0.717, 1.165) is 29.0 Å². The SMILES string of the molecule is C=CCOC(=O)N1CC(SC(C)=O)CC1C(=O)Nc1cc(C(=O)N(C)OC)cc([N+](=O)[O-])c1. The number of hydroxylamine groups is 2. The molecule has 1 heterocycles. The van der Waals surface area contributed by atoms with Gasteiger partial charge in [0.05, 0.1) is 17.6 Å². The Morgan fingerprint density at radius 2 is 2.06 bits per heavy atom. The van der Waals surface area contributed by atoms with E-state index < -0.39 is 34.6 Å². The van der Waals surface area contributed by atoms with Crippen LogP contribution >= 0.6 is 11.8 Å². The van der Waals surface area contributed by atoms with Crippen LogP contribution in [0.25, 0.3) is 0 Å². The van der Waals surface area contributed by atoms with Crippen LogP contribution < -0.4 is 5.32 Å². The summed E-state index contributed by atoms with van der Waals surface area (Å²) in [6, 6.07) is 2.43. The van der Waals surface area contributed by atoms with Crippen molar-refractivity contribution in [1.29, 1.82) is 0 Å². The minimum absolute atomic E-state index is 0.0101. The average Bonchev–Trinajstić information content (AvgIpc) is 3.19. The van der Waals surface area contributed by atoms with Crippen molar-refractivity contribution in [3.05, 3.63) is 46.5 Å². The average molecular weight is 480 g/mol. The highest BCUT2D eigenvalue weighted by molar-refractivity contribution is 8.14. The molecule has 1 aromatic rings. The smallest absolute Gasteiger partial charge is 0.410 e. The van der Waals surface area contributed by atoms with E-state index in [4.69, 9.17) is 9.57 Å². The number of benzene rings is 1. The summed E-state index contributed by atoms with van der Waals surface area (Å²) in [5.74, 6) is -1.30. The Bertz CT molecular complexity index is 969. The van der Waals surface area contributed by atoms with E-state index >= 15 is 0 Å². The molecule has 0 radical (unpaired) electrons. The van der Waals surface area contributed by atoms with Crippen LogP contribution in [-0.2, 0) is 19.2 Å². The highest BCUT2D eigenvalue weighted by atomic mass is 32.2.